The van der Waals surface area contributed by atoms with Gasteiger partial charge in [-0.3, -0.25) is 0 Å². The lowest BCUT2D eigenvalue weighted by Crippen LogP contribution is -2.12. The number of rotatable bonds is 23. The van der Waals surface area contributed by atoms with E-state index in [1.54, 1.807) is 0 Å². The molecule has 0 aliphatic carbocycles. The summed E-state index contributed by atoms with van der Waals surface area (Å²) in [6, 6.07) is 0. The maximum Gasteiger partial charge on any atom is 0.334 e. The van der Waals surface area contributed by atoms with Crippen LogP contribution in [0.3, 0.4) is 0 Å². The average Bonchev–Trinajstić information content (AvgIpc) is 2.79. The predicted octanol–water partition coefficient (Wildman–Crippen LogP) is 8.47. The number of carbonyl (C=O) groups is 2. The SMILES string of the molecule is CCCCCCCCCCOC(=O)C=C(CCCC)C(=O)OCCCCCCCCCC. The summed E-state index contributed by atoms with van der Waals surface area (Å²) in [5, 5.41) is 0. The molecule has 0 aromatic rings. The topological polar surface area (TPSA) is 52.6 Å². The molecule has 0 aromatic heterocycles. The van der Waals surface area contributed by atoms with E-state index >= 15 is 0 Å². The van der Waals surface area contributed by atoms with Crippen LogP contribution in [0.4, 0.5) is 0 Å². The molecule has 4 nitrogen and oxygen atoms in total. The summed E-state index contributed by atoms with van der Waals surface area (Å²) in [4.78, 5) is 24.6. The second kappa shape index (κ2) is 24.3. The van der Waals surface area contributed by atoms with Crippen LogP contribution in [0.25, 0.3) is 0 Å². The molecule has 0 aliphatic heterocycles. The van der Waals surface area contributed by atoms with Crippen LogP contribution in [0.1, 0.15) is 143 Å². The fourth-order valence-electron chi connectivity index (χ4n) is 3.69. The second-order valence-corrected chi connectivity index (χ2v) is 9.03. The minimum absolute atomic E-state index is 0.356. The van der Waals surface area contributed by atoms with Gasteiger partial charge >= 0.3 is 11.9 Å². The third kappa shape index (κ3) is 20.6. The Hall–Kier alpha value is -1.32. The molecule has 0 amide bonds. The standard InChI is InChI=1S/C28H52O4/c1-4-7-10-12-14-16-18-20-23-31-27(29)25-26(22-9-6-3)28(30)32-24-21-19-17-15-13-11-8-5-2/h25H,4-24H2,1-3H3. The van der Waals surface area contributed by atoms with Crippen LogP contribution in [0, 0.1) is 0 Å². The van der Waals surface area contributed by atoms with E-state index in [2.05, 4.69) is 20.8 Å². The lowest BCUT2D eigenvalue weighted by Gasteiger charge is -2.09. The van der Waals surface area contributed by atoms with Crippen LogP contribution in [0.15, 0.2) is 11.6 Å². The molecule has 32 heavy (non-hydrogen) atoms. The largest absolute Gasteiger partial charge is 0.463 e. The molecule has 0 bridgehead atoms. The Morgan fingerprint density at radius 1 is 0.531 bits per heavy atom. The molecule has 0 N–H and O–H groups in total. The number of unbranched alkanes of at least 4 members (excludes halogenated alkanes) is 15. The zero-order chi connectivity index (χ0) is 23.7. The van der Waals surface area contributed by atoms with Gasteiger partial charge < -0.3 is 9.47 Å². The molecule has 0 heterocycles. The summed E-state index contributed by atoms with van der Waals surface area (Å²) in [6.07, 6.45) is 23.1. The summed E-state index contributed by atoms with van der Waals surface area (Å²) in [7, 11) is 0. The van der Waals surface area contributed by atoms with Crippen molar-refractivity contribution >= 4 is 11.9 Å². The Kier molecular flexibility index (Phi) is 23.3. The highest BCUT2D eigenvalue weighted by Gasteiger charge is 2.13. The van der Waals surface area contributed by atoms with Crippen LogP contribution < -0.4 is 0 Å². The maximum absolute atomic E-state index is 12.4. The molecule has 0 rings (SSSR count). The van der Waals surface area contributed by atoms with Crippen molar-refractivity contribution in [2.24, 2.45) is 0 Å². The molecule has 0 spiro atoms. The minimum Gasteiger partial charge on any atom is -0.463 e. The van der Waals surface area contributed by atoms with E-state index < -0.39 is 5.97 Å². The van der Waals surface area contributed by atoms with Gasteiger partial charge in [0, 0.05) is 11.6 Å². The highest BCUT2D eigenvalue weighted by molar-refractivity contribution is 5.96. The van der Waals surface area contributed by atoms with E-state index in [0.29, 0.717) is 25.2 Å². The lowest BCUT2D eigenvalue weighted by molar-refractivity contribution is -0.141. The first kappa shape index (κ1) is 30.7. The van der Waals surface area contributed by atoms with Crippen molar-refractivity contribution < 1.29 is 19.1 Å². The first-order valence-electron chi connectivity index (χ1n) is 13.7. The smallest absolute Gasteiger partial charge is 0.334 e. The number of hydrogen-bond acceptors (Lipinski definition) is 4. The number of ether oxygens (including phenoxy) is 2. The van der Waals surface area contributed by atoms with Gasteiger partial charge in [-0.2, -0.15) is 0 Å². The van der Waals surface area contributed by atoms with E-state index in [-0.39, 0.29) is 5.97 Å². The van der Waals surface area contributed by atoms with Crippen LogP contribution in [-0.2, 0) is 19.1 Å². The van der Waals surface area contributed by atoms with Crippen molar-refractivity contribution in [3.63, 3.8) is 0 Å². The van der Waals surface area contributed by atoms with Crippen molar-refractivity contribution in [1.29, 1.82) is 0 Å². The van der Waals surface area contributed by atoms with Crippen molar-refractivity contribution in [2.75, 3.05) is 13.2 Å². The van der Waals surface area contributed by atoms with E-state index in [9.17, 15) is 9.59 Å². The third-order valence-corrected chi connectivity index (χ3v) is 5.83. The molecule has 0 atom stereocenters. The van der Waals surface area contributed by atoms with Crippen molar-refractivity contribution in [3.8, 4) is 0 Å². The van der Waals surface area contributed by atoms with E-state index in [1.807, 2.05) is 0 Å². The molecule has 0 aromatic carbocycles. The van der Waals surface area contributed by atoms with Crippen LogP contribution in [0.5, 0.6) is 0 Å². The highest BCUT2D eigenvalue weighted by Crippen LogP contribution is 2.13. The monoisotopic (exact) mass is 452 g/mol. The molecule has 0 saturated carbocycles. The van der Waals surface area contributed by atoms with E-state index in [4.69, 9.17) is 9.47 Å². The molecular formula is C28H52O4. The Labute approximate surface area is 198 Å². The zero-order valence-corrected chi connectivity index (χ0v) is 21.6. The second-order valence-electron chi connectivity index (χ2n) is 9.03. The molecular weight excluding hydrogens is 400 g/mol. The average molecular weight is 453 g/mol. The third-order valence-electron chi connectivity index (χ3n) is 5.83. The molecule has 0 fully saturated rings. The summed E-state index contributed by atoms with van der Waals surface area (Å²) < 4.78 is 10.8. The Morgan fingerprint density at radius 3 is 1.41 bits per heavy atom. The van der Waals surface area contributed by atoms with Gasteiger partial charge in [-0.15, -0.1) is 0 Å². The molecule has 188 valence electrons. The summed E-state index contributed by atoms with van der Waals surface area (Å²) in [5.41, 5.74) is 0.451. The molecule has 0 saturated heterocycles. The van der Waals surface area contributed by atoms with Gasteiger partial charge in [0.2, 0.25) is 0 Å². The summed E-state index contributed by atoms with van der Waals surface area (Å²) >= 11 is 0. The summed E-state index contributed by atoms with van der Waals surface area (Å²) in [5.74, 6) is -0.770. The molecule has 0 unspecified atom stereocenters. The Balaban J connectivity index is 4.04. The normalized spacial score (nSPS) is 11.5. The van der Waals surface area contributed by atoms with E-state index in [0.717, 1.165) is 38.5 Å². The first-order valence-corrected chi connectivity index (χ1v) is 13.7. The number of carbonyl (C=O) groups excluding carboxylic acids is 2. The first-order chi connectivity index (χ1) is 15.7. The van der Waals surface area contributed by atoms with E-state index in [1.165, 1.54) is 83.1 Å². The van der Waals surface area contributed by atoms with Crippen LogP contribution >= 0.6 is 0 Å². The van der Waals surface area contributed by atoms with Gasteiger partial charge in [0.05, 0.1) is 13.2 Å². The van der Waals surface area contributed by atoms with Gasteiger partial charge in [-0.1, -0.05) is 117 Å². The van der Waals surface area contributed by atoms with Gasteiger partial charge in [0.25, 0.3) is 0 Å². The predicted molar refractivity (Wildman–Crippen MR) is 135 cm³/mol. The fraction of sp³-hybridized carbons (Fsp3) is 0.857. The number of hydrogen-bond donors (Lipinski definition) is 0. The van der Waals surface area contributed by atoms with Crippen molar-refractivity contribution in [2.45, 2.75) is 143 Å². The van der Waals surface area contributed by atoms with Gasteiger partial charge in [-0.25, -0.2) is 9.59 Å². The zero-order valence-electron chi connectivity index (χ0n) is 21.6. The van der Waals surface area contributed by atoms with Crippen LogP contribution in [0.2, 0.25) is 0 Å². The van der Waals surface area contributed by atoms with Gasteiger partial charge in [0.1, 0.15) is 0 Å². The minimum atomic E-state index is -0.414. The molecule has 4 heteroatoms. The summed E-state index contributed by atoms with van der Waals surface area (Å²) in [6.45, 7) is 7.40. The van der Waals surface area contributed by atoms with Crippen molar-refractivity contribution in [3.05, 3.63) is 11.6 Å². The van der Waals surface area contributed by atoms with Crippen molar-refractivity contribution in [1.82, 2.24) is 0 Å². The number of esters is 2. The Bertz CT molecular complexity index is 470. The maximum atomic E-state index is 12.4. The Morgan fingerprint density at radius 2 is 0.938 bits per heavy atom. The van der Waals surface area contributed by atoms with Gasteiger partial charge in [-0.05, 0) is 25.7 Å². The lowest BCUT2D eigenvalue weighted by atomic mass is 10.1. The van der Waals surface area contributed by atoms with Crippen LogP contribution in [-0.4, -0.2) is 25.2 Å². The van der Waals surface area contributed by atoms with Gasteiger partial charge in [0.15, 0.2) is 0 Å². The highest BCUT2D eigenvalue weighted by atomic mass is 16.5. The molecule has 0 radical (unpaired) electrons. The quantitative estimate of drug-likeness (QED) is 0.0886. The molecule has 0 aliphatic rings. The fourth-order valence-corrected chi connectivity index (χ4v) is 3.69.